The van der Waals surface area contributed by atoms with E-state index in [0.29, 0.717) is 29.6 Å². The first-order chi connectivity index (χ1) is 9.56. The zero-order valence-corrected chi connectivity index (χ0v) is 11.6. The van der Waals surface area contributed by atoms with Crippen molar-refractivity contribution in [2.75, 3.05) is 13.7 Å². The van der Waals surface area contributed by atoms with Crippen molar-refractivity contribution < 1.29 is 19.4 Å². The van der Waals surface area contributed by atoms with E-state index in [9.17, 15) is 4.79 Å². The number of carboxylic acids is 1. The Kier molecular flexibility index (Phi) is 3.93. The minimum Gasteiger partial charge on any atom is -0.493 e. The molecule has 0 spiro atoms. The summed E-state index contributed by atoms with van der Waals surface area (Å²) in [7, 11) is 1.57. The van der Waals surface area contributed by atoms with Gasteiger partial charge in [-0.15, -0.1) is 0 Å². The van der Waals surface area contributed by atoms with Crippen molar-refractivity contribution in [3.8, 4) is 22.9 Å². The van der Waals surface area contributed by atoms with E-state index in [-0.39, 0.29) is 5.69 Å². The second-order valence-corrected chi connectivity index (χ2v) is 4.16. The van der Waals surface area contributed by atoms with Gasteiger partial charge in [0.05, 0.1) is 13.7 Å². The number of benzene rings is 1. The largest absolute Gasteiger partial charge is 0.493 e. The van der Waals surface area contributed by atoms with Crippen LogP contribution in [0.1, 0.15) is 23.1 Å². The summed E-state index contributed by atoms with van der Waals surface area (Å²) in [5, 5.41) is 9.02. The molecule has 0 bridgehead atoms. The summed E-state index contributed by atoms with van der Waals surface area (Å²) in [4.78, 5) is 18.1. The van der Waals surface area contributed by atoms with Gasteiger partial charge in [-0.3, -0.25) is 0 Å². The van der Waals surface area contributed by atoms with Crippen LogP contribution in [0, 0.1) is 6.92 Å². The highest BCUT2D eigenvalue weighted by Crippen LogP contribution is 2.31. The number of carbonyl (C=O) groups is 1. The van der Waals surface area contributed by atoms with Gasteiger partial charge < -0.3 is 19.6 Å². The van der Waals surface area contributed by atoms with Crippen LogP contribution >= 0.6 is 0 Å². The van der Waals surface area contributed by atoms with Crippen molar-refractivity contribution in [2.45, 2.75) is 13.8 Å². The minimum atomic E-state index is -1.05. The molecule has 1 aromatic heterocycles. The maximum absolute atomic E-state index is 11.0. The summed E-state index contributed by atoms with van der Waals surface area (Å²) in [6.45, 7) is 4.07. The molecule has 2 rings (SSSR count). The van der Waals surface area contributed by atoms with Gasteiger partial charge in [-0.2, -0.15) is 0 Å². The smallest absolute Gasteiger partial charge is 0.356 e. The van der Waals surface area contributed by atoms with Crippen LogP contribution in [0.3, 0.4) is 0 Å². The molecule has 0 saturated carbocycles. The monoisotopic (exact) mass is 276 g/mol. The van der Waals surface area contributed by atoms with E-state index in [0.717, 1.165) is 5.56 Å². The van der Waals surface area contributed by atoms with Gasteiger partial charge in [0, 0.05) is 11.3 Å². The first kappa shape index (κ1) is 13.9. The predicted octanol–water partition coefficient (Wildman–Crippen LogP) is 2.49. The standard InChI is InChI=1S/C14H16N2O4/c1-4-20-11-7-9(5-6-10(11)19-3)13-15-8(2)12(16-13)14(17)18/h5-7H,4H2,1-3H3,(H,15,16)(H,17,18). The molecule has 6 nitrogen and oxygen atoms in total. The lowest BCUT2D eigenvalue weighted by molar-refractivity contribution is 0.0690. The Morgan fingerprint density at radius 2 is 2.15 bits per heavy atom. The molecular formula is C14H16N2O4. The Morgan fingerprint density at radius 1 is 1.40 bits per heavy atom. The van der Waals surface area contributed by atoms with Crippen molar-refractivity contribution in [1.29, 1.82) is 0 Å². The zero-order valence-electron chi connectivity index (χ0n) is 11.6. The maximum Gasteiger partial charge on any atom is 0.356 e. The normalized spacial score (nSPS) is 10.3. The molecule has 0 amide bonds. The van der Waals surface area contributed by atoms with E-state index >= 15 is 0 Å². The number of ether oxygens (including phenoxy) is 2. The average Bonchev–Trinajstić information content (AvgIpc) is 2.81. The molecule has 0 atom stereocenters. The quantitative estimate of drug-likeness (QED) is 0.876. The van der Waals surface area contributed by atoms with Crippen LogP contribution in [-0.4, -0.2) is 34.8 Å². The van der Waals surface area contributed by atoms with Crippen molar-refractivity contribution in [3.63, 3.8) is 0 Å². The SMILES string of the molecule is CCOc1cc(-c2nc(C(=O)O)c(C)[nH]2)ccc1OC. The van der Waals surface area contributed by atoms with Gasteiger partial charge in [-0.25, -0.2) is 9.78 Å². The molecule has 1 aromatic carbocycles. The van der Waals surface area contributed by atoms with Gasteiger partial charge >= 0.3 is 5.97 Å². The number of aryl methyl sites for hydroxylation is 1. The Balaban J connectivity index is 2.44. The molecular weight excluding hydrogens is 260 g/mol. The topological polar surface area (TPSA) is 84.4 Å². The number of carboxylic acid groups (broad SMARTS) is 1. The molecule has 0 unspecified atom stereocenters. The lowest BCUT2D eigenvalue weighted by Gasteiger charge is -2.10. The number of aromatic carboxylic acids is 1. The summed E-state index contributed by atoms with van der Waals surface area (Å²) < 4.78 is 10.7. The first-order valence-electron chi connectivity index (χ1n) is 6.18. The number of nitrogens with one attached hydrogen (secondary N) is 1. The molecule has 0 aliphatic heterocycles. The average molecular weight is 276 g/mol. The van der Waals surface area contributed by atoms with E-state index in [2.05, 4.69) is 9.97 Å². The van der Waals surface area contributed by atoms with Crippen LogP contribution in [0.5, 0.6) is 11.5 Å². The third-order valence-electron chi connectivity index (χ3n) is 2.82. The van der Waals surface area contributed by atoms with Gasteiger partial charge in [0.2, 0.25) is 0 Å². The van der Waals surface area contributed by atoms with Crippen molar-refractivity contribution in [2.24, 2.45) is 0 Å². The van der Waals surface area contributed by atoms with E-state index in [1.807, 2.05) is 6.92 Å². The summed E-state index contributed by atoms with van der Waals surface area (Å²) in [6, 6.07) is 5.33. The number of nitrogens with zero attached hydrogens (tertiary/aromatic N) is 1. The molecule has 2 N–H and O–H groups in total. The molecule has 0 aliphatic carbocycles. The van der Waals surface area contributed by atoms with Crippen LogP contribution < -0.4 is 9.47 Å². The van der Waals surface area contributed by atoms with Crippen LogP contribution in [0.2, 0.25) is 0 Å². The second-order valence-electron chi connectivity index (χ2n) is 4.16. The van der Waals surface area contributed by atoms with E-state index in [4.69, 9.17) is 14.6 Å². The highest BCUT2D eigenvalue weighted by atomic mass is 16.5. The van der Waals surface area contributed by atoms with Crippen LogP contribution in [0.15, 0.2) is 18.2 Å². The molecule has 20 heavy (non-hydrogen) atoms. The lowest BCUT2D eigenvalue weighted by Crippen LogP contribution is -1.98. The number of rotatable bonds is 5. The molecule has 0 aliphatic rings. The number of methoxy groups -OCH3 is 1. The predicted molar refractivity (Wildman–Crippen MR) is 73.4 cm³/mol. The highest BCUT2D eigenvalue weighted by Gasteiger charge is 2.15. The van der Waals surface area contributed by atoms with Crippen molar-refractivity contribution >= 4 is 5.97 Å². The van der Waals surface area contributed by atoms with Crippen LogP contribution in [0.4, 0.5) is 0 Å². The highest BCUT2D eigenvalue weighted by molar-refractivity contribution is 5.87. The molecule has 0 fully saturated rings. The molecule has 6 heteroatoms. The molecule has 106 valence electrons. The van der Waals surface area contributed by atoms with Gasteiger partial charge in [0.1, 0.15) is 5.82 Å². The fourth-order valence-electron chi connectivity index (χ4n) is 1.90. The summed E-state index contributed by atoms with van der Waals surface area (Å²) >= 11 is 0. The fourth-order valence-corrected chi connectivity index (χ4v) is 1.90. The Bertz CT molecular complexity index is 634. The van der Waals surface area contributed by atoms with Crippen LogP contribution in [0.25, 0.3) is 11.4 Å². The lowest BCUT2D eigenvalue weighted by atomic mass is 10.2. The zero-order chi connectivity index (χ0) is 14.7. The number of hydrogen-bond donors (Lipinski definition) is 2. The summed E-state index contributed by atoms with van der Waals surface area (Å²) in [6.07, 6.45) is 0. The van der Waals surface area contributed by atoms with Crippen molar-refractivity contribution in [3.05, 3.63) is 29.6 Å². The number of aromatic nitrogens is 2. The third kappa shape index (κ3) is 2.59. The van der Waals surface area contributed by atoms with Gasteiger partial charge in [-0.05, 0) is 32.0 Å². The van der Waals surface area contributed by atoms with E-state index < -0.39 is 5.97 Å². The first-order valence-corrected chi connectivity index (χ1v) is 6.18. The molecule has 2 aromatic rings. The van der Waals surface area contributed by atoms with Crippen LogP contribution in [-0.2, 0) is 0 Å². The number of H-pyrrole nitrogens is 1. The Labute approximate surface area is 116 Å². The minimum absolute atomic E-state index is 0.0220. The van der Waals surface area contributed by atoms with E-state index in [1.54, 1.807) is 32.2 Å². The Hall–Kier alpha value is -2.50. The van der Waals surface area contributed by atoms with Crippen molar-refractivity contribution in [1.82, 2.24) is 9.97 Å². The number of imidazole rings is 1. The van der Waals surface area contributed by atoms with Gasteiger partial charge in [0.15, 0.2) is 17.2 Å². The maximum atomic E-state index is 11.0. The third-order valence-corrected chi connectivity index (χ3v) is 2.82. The van der Waals surface area contributed by atoms with E-state index in [1.165, 1.54) is 0 Å². The molecule has 0 radical (unpaired) electrons. The Morgan fingerprint density at radius 3 is 2.70 bits per heavy atom. The molecule has 1 heterocycles. The second kappa shape index (κ2) is 5.64. The van der Waals surface area contributed by atoms with Gasteiger partial charge in [-0.1, -0.05) is 0 Å². The molecule has 0 saturated heterocycles. The summed E-state index contributed by atoms with van der Waals surface area (Å²) in [5.41, 5.74) is 1.28. The number of aromatic amines is 1. The number of hydrogen-bond acceptors (Lipinski definition) is 4. The fraction of sp³-hybridized carbons (Fsp3) is 0.286. The van der Waals surface area contributed by atoms with Gasteiger partial charge in [0.25, 0.3) is 0 Å². The summed E-state index contributed by atoms with van der Waals surface area (Å²) in [5.74, 6) is 0.655.